The topological polar surface area (TPSA) is 50.4 Å². The average Bonchev–Trinajstić information content (AvgIpc) is 2.53. The molecule has 7 heteroatoms. The average molecular weight is 324 g/mol. The Morgan fingerprint density at radius 3 is 2.17 bits per heavy atom. The van der Waals surface area contributed by atoms with Gasteiger partial charge in [0.2, 0.25) is 0 Å². The molecule has 2 amide bonds. The van der Waals surface area contributed by atoms with Crippen LogP contribution in [0.2, 0.25) is 0 Å². The van der Waals surface area contributed by atoms with Gasteiger partial charge in [0, 0.05) is 24.2 Å². The highest BCUT2D eigenvalue weighted by atomic mass is 19.3. The maximum Gasteiger partial charge on any atom is 0.387 e. The van der Waals surface area contributed by atoms with Gasteiger partial charge in [-0.2, -0.15) is 8.78 Å². The lowest BCUT2D eigenvalue weighted by molar-refractivity contribution is -0.0504. The third-order valence-electron chi connectivity index (χ3n) is 3.03. The molecule has 0 radical (unpaired) electrons. The highest BCUT2D eigenvalue weighted by Gasteiger charge is 2.10. The van der Waals surface area contributed by atoms with E-state index in [9.17, 15) is 18.0 Å². The number of halogens is 3. The van der Waals surface area contributed by atoms with Crippen LogP contribution < -0.4 is 15.4 Å². The highest BCUT2D eigenvalue weighted by molar-refractivity contribution is 5.73. The number of hydrogen-bond donors (Lipinski definition) is 2. The molecule has 0 aromatic heterocycles. The Labute approximate surface area is 131 Å². The van der Waals surface area contributed by atoms with Crippen LogP contribution in [0.5, 0.6) is 5.75 Å². The Morgan fingerprint density at radius 1 is 0.957 bits per heavy atom. The van der Waals surface area contributed by atoms with Crippen molar-refractivity contribution in [2.24, 2.45) is 0 Å². The van der Waals surface area contributed by atoms with E-state index in [1.165, 1.54) is 12.1 Å². The lowest BCUT2D eigenvalue weighted by Gasteiger charge is -2.12. The van der Waals surface area contributed by atoms with E-state index in [0.29, 0.717) is 11.1 Å². The van der Waals surface area contributed by atoms with Crippen molar-refractivity contribution in [1.82, 2.24) is 10.6 Å². The minimum Gasteiger partial charge on any atom is -0.434 e. The molecule has 2 aromatic carbocycles. The maximum absolute atomic E-state index is 13.4. The lowest BCUT2D eigenvalue weighted by Crippen LogP contribution is -2.34. The summed E-state index contributed by atoms with van der Waals surface area (Å²) in [6.07, 6.45) is 0. The number of amides is 2. The molecule has 0 spiro atoms. The second-order valence-corrected chi connectivity index (χ2v) is 4.61. The number of ether oxygens (including phenoxy) is 1. The quantitative estimate of drug-likeness (QED) is 0.855. The van der Waals surface area contributed by atoms with Crippen LogP contribution in [-0.2, 0) is 13.1 Å². The fraction of sp³-hybridized carbons (Fsp3) is 0.188. The van der Waals surface area contributed by atoms with Gasteiger partial charge in [-0.05, 0) is 12.1 Å². The molecular formula is C16H15F3N2O2. The zero-order valence-corrected chi connectivity index (χ0v) is 12.1. The Bertz CT molecular complexity index is 665. The molecule has 0 saturated heterocycles. The van der Waals surface area contributed by atoms with Crippen molar-refractivity contribution in [1.29, 1.82) is 0 Å². The zero-order chi connectivity index (χ0) is 16.7. The van der Waals surface area contributed by atoms with Gasteiger partial charge in [-0.15, -0.1) is 0 Å². The molecule has 0 unspecified atom stereocenters. The van der Waals surface area contributed by atoms with Crippen molar-refractivity contribution in [3.05, 3.63) is 65.5 Å². The largest absolute Gasteiger partial charge is 0.434 e. The van der Waals surface area contributed by atoms with Crippen LogP contribution >= 0.6 is 0 Å². The van der Waals surface area contributed by atoms with Gasteiger partial charge in [0.25, 0.3) is 0 Å². The van der Waals surface area contributed by atoms with E-state index in [-0.39, 0.29) is 18.8 Å². The van der Waals surface area contributed by atoms with E-state index in [0.717, 1.165) is 0 Å². The minimum atomic E-state index is -2.94. The normalized spacial score (nSPS) is 10.4. The van der Waals surface area contributed by atoms with Crippen LogP contribution in [0.25, 0.3) is 0 Å². The summed E-state index contributed by atoms with van der Waals surface area (Å²) in [5, 5.41) is 5.00. The molecule has 0 heterocycles. The molecule has 2 aromatic rings. The van der Waals surface area contributed by atoms with Crippen LogP contribution in [0.4, 0.5) is 18.0 Å². The molecule has 0 aliphatic rings. The van der Waals surface area contributed by atoms with Crippen LogP contribution in [0.3, 0.4) is 0 Å². The zero-order valence-electron chi connectivity index (χ0n) is 12.1. The number of benzene rings is 2. The molecule has 2 N–H and O–H groups in total. The van der Waals surface area contributed by atoms with E-state index in [1.807, 2.05) is 0 Å². The van der Waals surface area contributed by atoms with E-state index >= 15 is 0 Å². The second kappa shape index (κ2) is 8.07. The fourth-order valence-corrected chi connectivity index (χ4v) is 1.92. The first-order chi connectivity index (χ1) is 11.1. The molecule has 0 aliphatic carbocycles. The molecule has 0 fully saturated rings. The van der Waals surface area contributed by atoms with Crippen molar-refractivity contribution >= 4 is 6.03 Å². The van der Waals surface area contributed by atoms with Crippen molar-refractivity contribution in [2.45, 2.75) is 19.7 Å². The van der Waals surface area contributed by atoms with E-state index < -0.39 is 18.5 Å². The fourth-order valence-electron chi connectivity index (χ4n) is 1.92. The third kappa shape index (κ3) is 5.21. The van der Waals surface area contributed by atoms with Gasteiger partial charge in [-0.25, -0.2) is 9.18 Å². The second-order valence-electron chi connectivity index (χ2n) is 4.61. The van der Waals surface area contributed by atoms with Gasteiger partial charge in [0.1, 0.15) is 11.6 Å². The molecular weight excluding hydrogens is 309 g/mol. The Morgan fingerprint density at radius 2 is 1.52 bits per heavy atom. The molecule has 4 nitrogen and oxygen atoms in total. The smallest absolute Gasteiger partial charge is 0.387 e. The van der Waals surface area contributed by atoms with Gasteiger partial charge in [-0.1, -0.05) is 36.4 Å². The number of urea groups is 1. The summed E-state index contributed by atoms with van der Waals surface area (Å²) in [5.41, 5.74) is 0.762. The summed E-state index contributed by atoms with van der Waals surface area (Å²) >= 11 is 0. The number of carbonyl (C=O) groups is 1. The van der Waals surface area contributed by atoms with Gasteiger partial charge >= 0.3 is 12.6 Å². The van der Waals surface area contributed by atoms with Gasteiger partial charge in [-0.3, -0.25) is 0 Å². The van der Waals surface area contributed by atoms with E-state index in [2.05, 4.69) is 15.4 Å². The van der Waals surface area contributed by atoms with Crippen molar-refractivity contribution in [3.63, 3.8) is 0 Å². The predicted molar refractivity (Wildman–Crippen MR) is 78.5 cm³/mol. The Hall–Kier alpha value is -2.70. The van der Waals surface area contributed by atoms with Crippen molar-refractivity contribution < 1.29 is 22.7 Å². The minimum absolute atomic E-state index is 0.00287. The molecule has 23 heavy (non-hydrogen) atoms. The molecule has 0 saturated carbocycles. The van der Waals surface area contributed by atoms with Crippen LogP contribution in [0.15, 0.2) is 48.5 Å². The summed E-state index contributed by atoms with van der Waals surface area (Å²) in [6.45, 7) is -2.91. The Kier molecular flexibility index (Phi) is 5.85. The monoisotopic (exact) mass is 324 g/mol. The van der Waals surface area contributed by atoms with E-state index in [1.54, 1.807) is 36.4 Å². The number of hydrogen-bond acceptors (Lipinski definition) is 2. The summed E-state index contributed by atoms with van der Waals surface area (Å²) in [5.74, 6) is -0.416. The number of nitrogens with one attached hydrogen (secondary N) is 2. The van der Waals surface area contributed by atoms with Crippen LogP contribution in [0, 0.1) is 5.82 Å². The number of carbonyl (C=O) groups excluding carboxylic acids is 1. The number of rotatable bonds is 6. The number of alkyl halides is 2. The van der Waals surface area contributed by atoms with Gasteiger partial charge < -0.3 is 15.4 Å². The van der Waals surface area contributed by atoms with Crippen molar-refractivity contribution in [3.8, 4) is 5.75 Å². The number of para-hydroxylation sites is 1. The Balaban J connectivity index is 1.86. The summed E-state index contributed by atoms with van der Waals surface area (Å²) < 4.78 is 42.4. The summed E-state index contributed by atoms with van der Waals surface area (Å²) in [7, 11) is 0. The molecule has 122 valence electrons. The standard InChI is InChI=1S/C16H15F3N2O2/c17-13-7-3-1-5-11(13)9-20-16(22)21-10-12-6-2-4-8-14(12)23-15(18)19/h1-8,15H,9-10H2,(H2,20,21,22). The first-order valence-corrected chi connectivity index (χ1v) is 6.84. The first-order valence-electron chi connectivity index (χ1n) is 6.84. The van der Waals surface area contributed by atoms with Crippen LogP contribution in [-0.4, -0.2) is 12.6 Å². The van der Waals surface area contributed by atoms with E-state index in [4.69, 9.17) is 0 Å². The van der Waals surface area contributed by atoms with Gasteiger partial charge in [0.15, 0.2) is 0 Å². The summed E-state index contributed by atoms with van der Waals surface area (Å²) in [4.78, 5) is 11.7. The lowest BCUT2D eigenvalue weighted by atomic mass is 10.2. The highest BCUT2D eigenvalue weighted by Crippen LogP contribution is 2.19. The third-order valence-corrected chi connectivity index (χ3v) is 3.03. The maximum atomic E-state index is 13.4. The molecule has 0 aliphatic heterocycles. The molecule has 0 atom stereocenters. The molecule has 0 bridgehead atoms. The SMILES string of the molecule is O=C(NCc1ccccc1F)NCc1ccccc1OC(F)F. The first kappa shape index (κ1) is 16.7. The predicted octanol–water partition coefficient (Wildman–Crippen LogP) is 3.43. The van der Waals surface area contributed by atoms with Crippen molar-refractivity contribution in [2.75, 3.05) is 0 Å². The van der Waals surface area contributed by atoms with Gasteiger partial charge in [0.05, 0.1) is 0 Å². The van der Waals surface area contributed by atoms with Crippen LogP contribution in [0.1, 0.15) is 11.1 Å². The molecule has 2 rings (SSSR count). The summed E-state index contributed by atoms with van der Waals surface area (Å²) in [6, 6.07) is 11.7.